The van der Waals surface area contributed by atoms with Gasteiger partial charge in [0.2, 0.25) is 11.7 Å². The predicted octanol–water partition coefficient (Wildman–Crippen LogP) is 2.10. The van der Waals surface area contributed by atoms with Crippen LogP contribution in [0.5, 0.6) is 0 Å². The zero-order chi connectivity index (χ0) is 12.2. The van der Waals surface area contributed by atoms with Crippen LogP contribution in [-0.2, 0) is 11.2 Å². The minimum absolute atomic E-state index is 0.598. The van der Waals surface area contributed by atoms with E-state index in [0.29, 0.717) is 17.6 Å². The first-order chi connectivity index (χ1) is 8.92. The SMILES string of the molecule is c1cncc(-c2noc(CC3CCOCC3)n2)c1. The molecule has 0 saturated carbocycles. The fourth-order valence-electron chi connectivity index (χ4n) is 2.15. The van der Waals surface area contributed by atoms with Gasteiger partial charge in [-0.1, -0.05) is 5.16 Å². The van der Waals surface area contributed by atoms with E-state index in [0.717, 1.165) is 38.0 Å². The molecule has 18 heavy (non-hydrogen) atoms. The maximum Gasteiger partial charge on any atom is 0.227 e. The Kier molecular flexibility index (Phi) is 3.32. The lowest BCUT2D eigenvalue weighted by Crippen LogP contribution is -2.17. The minimum Gasteiger partial charge on any atom is -0.381 e. The standard InChI is InChI=1S/C13H15N3O2/c1-2-11(9-14-5-1)13-15-12(18-16-13)8-10-3-6-17-7-4-10/h1-2,5,9-10H,3-4,6-8H2. The van der Waals surface area contributed by atoms with Crippen molar-refractivity contribution in [3.05, 3.63) is 30.4 Å². The molecule has 94 valence electrons. The van der Waals surface area contributed by atoms with Crippen molar-refractivity contribution in [1.29, 1.82) is 0 Å². The highest BCUT2D eigenvalue weighted by Crippen LogP contribution is 2.21. The largest absolute Gasteiger partial charge is 0.381 e. The maximum absolute atomic E-state index is 5.34. The molecule has 0 amide bonds. The van der Waals surface area contributed by atoms with E-state index in [2.05, 4.69) is 15.1 Å². The minimum atomic E-state index is 0.598. The number of hydrogen-bond acceptors (Lipinski definition) is 5. The highest BCUT2D eigenvalue weighted by atomic mass is 16.5. The second-order valence-electron chi connectivity index (χ2n) is 4.51. The average Bonchev–Trinajstić information content (AvgIpc) is 2.89. The fourth-order valence-corrected chi connectivity index (χ4v) is 2.15. The van der Waals surface area contributed by atoms with Crippen LogP contribution in [0, 0.1) is 5.92 Å². The third kappa shape index (κ3) is 2.56. The third-order valence-corrected chi connectivity index (χ3v) is 3.19. The predicted molar refractivity (Wildman–Crippen MR) is 64.8 cm³/mol. The van der Waals surface area contributed by atoms with Crippen molar-refractivity contribution in [3.63, 3.8) is 0 Å². The van der Waals surface area contributed by atoms with Crippen LogP contribution in [0.3, 0.4) is 0 Å². The van der Waals surface area contributed by atoms with Gasteiger partial charge < -0.3 is 9.26 Å². The molecule has 2 aromatic rings. The Morgan fingerprint density at radius 1 is 1.28 bits per heavy atom. The van der Waals surface area contributed by atoms with Gasteiger partial charge in [0.05, 0.1) is 0 Å². The Morgan fingerprint density at radius 3 is 2.94 bits per heavy atom. The topological polar surface area (TPSA) is 61.0 Å². The molecule has 3 heterocycles. The van der Waals surface area contributed by atoms with E-state index >= 15 is 0 Å². The van der Waals surface area contributed by atoms with Crippen molar-refractivity contribution in [3.8, 4) is 11.4 Å². The molecule has 0 atom stereocenters. The van der Waals surface area contributed by atoms with Gasteiger partial charge in [0, 0.05) is 37.6 Å². The summed E-state index contributed by atoms with van der Waals surface area (Å²) in [6.45, 7) is 1.68. The molecule has 2 aromatic heterocycles. The third-order valence-electron chi connectivity index (χ3n) is 3.19. The average molecular weight is 245 g/mol. The molecule has 1 saturated heterocycles. The van der Waals surface area contributed by atoms with E-state index in [-0.39, 0.29) is 0 Å². The van der Waals surface area contributed by atoms with Crippen molar-refractivity contribution >= 4 is 0 Å². The molecule has 3 rings (SSSR count). The van der Waals surface area contributed by atoms with Crippen molar-refractivity contribution in [2.24, 2.45) is 5.92 Å². The van der Waals surface area contributed by atoms with Gasteiger partial charge in [-0.15, -0.1) is 0 Å². The lowest BCUT2D eigenvalue weighted by Gasteiger charge is -2.19. The Hall–Kier alpha value is -1.75. The van der Waals surface area contributed by atoms with Crippen LogP contribution in [0.15, 0.2) is 29.0 Å². The van der Waals surface area contributed by atoms with E-state index < -0.39 is 0 Å². The summed E-state index contributed by atoms with van der Waals surface area (Å²) in [7, 11) is 0. The number of nitrogens with zero attached hydrogens (tertiary/aromatic N) is 3. The van der Waals surface area contributed by atoms with Crippen LogP contribution < -0.4 is 0 Å². The molecule has 0 aromatic carbocycles. The molecular weight excluding hydrogens is 230 g/mol. The molecule has 1 aliphatic rings. The van der Waals surface area contributed by atoms with E-state index in [1.165, 1.54) is 0 Å². The summed E-state index contributed by atoms with van der Waals surface area (Å²) < 4.78 is 10.6. The number of pyridine rings is 1. The van der Waals surface area contributed by atoms with Crippen molar-refractivity contribution in [2.45, 2.75) is 19.3 Å². The summed E-state index contributed by atoms with van der Waals surface area (Å²) in [6, 6.07) is 3.79. The van der Waals surface area contributed by atoms with Crippen LogP contribution in [0.2, 0.25) is 0 Å². The van der Waals surface area contributed by atoms with Crippen LogP contribution in [-0.4, -0.2) is 28.3 Å². The van der Waals surface area contributed by atoms with Crippen molar-refractivity contribution in [1.82, 2.24) is 15.1 Å². The van der Waals surface area contributed by atoms with E-state index in [1.807, 2.05) is 12.1 Å². The molecule has 0 bridgehead atoms. The van der Waals surface area contributed by atoms with Crippen LogP contribution >= 0.6 is 0 Å². The fraction of sp³-hybridized carbons (Fsp3) is 0.462. The van der Waals surface area contributed by atoms with Gasteiger partial charge in [-0.3, -0.25) is 4.98 Å². The van der Waals surface area contributed by atoms with Gasteiger partial charge in [0.25, 0.3) is 0 Å². The molecule has 1 aliphatic heterocycles. The number of rotatable bonds is 3. The summed E-state index contributed by atoms with van der Waals surface area (Å²) in [5, 5.41) is 3.99. The molecule has 5 heteroatoms. The first-order valence-electron chi connectivity index (χ1n) is 6.22. The monoisotopic (exact) mass is 245 g/mol. The van der Waals surface area contributed by atoms with Gasteiger partial charge in [-0.2, -0.15) is 4.98 Å². The summed E-state index contributed by atoms with van der Waals surface area (Å²) in [4.78, 5) is 8.46. The maximum atomic E-state index is 5.34. The normalized spacial score (nSPS) is 16.9. The zero-order valence-corrected chi connectivity index (χ0v) is 10.1. The smallest absolute Gasteiger partial charge is 0.227 e. The van der Waals surface area contributed by atoms with Gasteiger partial charge in [0.1, 0.15) is 0 Å². The molecular formula is C13H15N3O2. The van der Waals surface area contributed by atoms with Crippen molar-refractivity contribution < 1.29 is 9.26 Å². The quantitative estimate of drug-likeness (QED) is 0.828. The van der Waals surface area contributed by atoms with Gasteiger partial charge in [0.15, 0.2) is 0 Å². The summed E-state index contributed by atoms with van der Waals surface area (Å²) in [5.74, 6) is 1.92. The summed E-state index contributed by atoms with van der Waals surface area (Å²) >= 11 is 0. The molecule has 0 unspecified atom stereocenters. The zero-order valence-electron chi connectivity index (χ0n) is 10.1. The van der Waals surface area contributed by atoms with E-state index in [9.17, 15) is 0 Å². The lowest BCUT2D eigenvalue weighted by atomic mass is 9.97. The Balaban J connectivity index is 1.69. The number of ether oxygens (including phenoxy) is 1. The van der Waals surface area contributed by atoms with Crippen LogP contribution in [0.1, 0.15) is 18.7 Å². The highest BCUT2D eigenvalue weighted by molar-refractivity contribution is 5.51. The van der Waals surface area contributed by atoms with E-state index in [1.54, 1.807) is 12.4 Å². The Morgan fingerprint density at radius 2 is 2.17 bits per heavy atom. The molecule has 1 fully saturated rings. The second kappa shape index (κ2) is 5.27. The molecule has 5 nitrogen and oxygen atoms in total. The molecule has 0 radical (unpaired) electrons. The second-order valence-corrected chi connectivity index (χ2v) is 4.51. The van der Waals surface area contributed by atoms with Gasteiger partial charge in [-0.05, 0) is 30.9 Å². The molecule has 0 aliphatic carbocycles. The van der Waals surface area contributed by atoms with Gasteiger partial charge in [-0.25, -0.2) is 0 Å². The van der Waals surface area contributed by atoms with Crippen LogP contribution in [0.25, 0.3) is 11.4 Å². The first-order valence-corrected chi connectivity index (χ1v) is 6.22. The molecule has 0 N–H and O–H groups in total. The Bertz CT molecular complexity index is 492. The lowest BCUT2D eigenvalue weighted by molar-refractivity contribution is 0.0642. The van der Waals surface area contributed by atoms with Crippen LogP contribution in [0.4, 0.5) is 0 Å². The van der Waals surface area contributed by atoms with Crippen molar-refractivity contribution in [2.75, 3.05) is 13.2 Å². The van der Waals surface area contributed by atoms with Gasteiger partial charge >= 0.3 is 0 Å². The highest BCUT2D eigenvalue weighted by Gasteiger charge is 2.18. The first kappa shape index (κ1) is 11.3. The molecule has 0 spiro atoms. The summed E-state index contributed by atoms with van der Waals surface area (Å²) in [5.41, 5.74) is 0.888. The number of aromatic nitrogens is 3. The summed E-state index contributed by atoms with van der Waals surface area (Å²) in [6.07, 6.45) is 6.46. The Labute approximate surface area is 105 Å². The number of hydrogen-bond donors (Lipinski definition) is 0. The van der Waals surface area contributed by atoms with E-state index in [4.69, 9.17) is 9.26 Å².